The first kappa shape index (κ1) is 12.5. The SMILES string of the molecule is N#Cc1cccc(NCCc2ccc3c(c2)CCO3)n1. The van der Waals surface area contributed by atoms with Gasteiger partial charge in [-0.15, -0.1) is 0 Å². The van der Waals surface area contributed by atoms with E-state index in [1.165, 1.54) is 11.1 Å². The van der Waals surface area contributed by atoms with E-state index in [4.69, 9.17) is 10.00 Å². The van der Waals surface area contributed by atoms with E-state index in [1.807, 2.05) is 24.3 Å². The van der Waals surface area contributed by atoms with Crippen LogP contribution < -0.4 is 10.1 Å². The van der Waals surface area contributed by atoms with Gasteiger partial charge in [0.15, 0.2) is 0 Å². The first-order chi connectivity index (χ1) is 9.85. The summed E-state index contributed by atoms with van der Waals surface area (Å²) in [6, 6.07) is 13.8. The summed E-state index contributed by atoms with van der Waals surface area (Å²) < 4.78 is 5.50. The average Bonchev–Trinajstić information content (AvgIpc) is 2.95. The van der Waals surface area contributed by atoms with Crippen LogP contribution in [0.3, 0.4) is 0 Å². The molecule has 1 aromatic heterocycles. The number of aromatic nitrogens is 1. The van der Waals surface area contributed by atoms with Crippen molar-refractivity contribution in [1.82, 2.24) is 4.98 Å². The highest BCUT2D eigenvalue weighted by atomic mass is 16.5. The number of benzene rings is 1. The van der Waals surface area contributed by atoms with Gasteiger partial charge in [-0.25, -0.2) is 4.98 Å². The summed E-state index contributed by atoms with van der Waals surface area (Å²) in [7, 11) is 0. The molecule has 0 radical (unpaired) electrons. The van der Waals surface area contributed by atoms with Crippen molar-refractivity contribution in [2.75, 3.05) is 18.5 Å². The van der Waals surface area contributed by atoms with Gasteiger partial charge in [0.25, 0.3) is 0 Å². The molecule has 0 saturated carbocycles. The summed E-state index contributed by atoms with van der Waals surface area (Å²) in [6.07, 6.45) is 1.92. The summed E-state index contributed by atoms with van der Waals surface area (Å²) in [5.74, 6) is 1.76. The molecular weight excluding hydrogens is 250 g/mol. The molecule has 0 unspecified atom stereocenters. The third-order valence-electron chi connectivity index (χ3n) is 3.34. The Bertz CT molecular complexity index is 661. The second-order valence-electron chi connectivity index (χ2n) is 4.74. The fourth-order valence-corrected chi connectivity index (χ4v) is 2.33. The molecule has 1 aromatic carbocycles. The Kier molecular flexibility index (Phi) is 3.51. The molecule has 3 rings (SSSR count). The van der Waals surface area contributed by atoms with Crippen molar-refractivity contribution in [2.24, 2.45) is 0 Å². The van der Waals surface area contributed by atoms with Gasteiger partial charge in [0, 0.05) is 13.0 Å². The Labute approximate surface area is 118 Å². The van der Waals surface area contributed by atoms with Crippen LogP contribution in [0.4, 0.5) is 5.82 Å². The van der Waals surface area contributed by atoms with Crippen molar-refractivity contribution in [2.45, 2.75) is 12.8 Å². The maximum Gasteiger partial charge on any atom is 0.142 e. The van der Waals surface area contributed by atoms with Crippen LogP contribution in [0.5, 0.6) is 5.75 Å². The van der Waals surface area contributed by atoms with Gasteiger partial charge in [0.2, 0.25) is 0 Å². The maximum atomic E-state index is 8.80. The van der Waals surface area contributed by atoms with Crippen molar-refractivity contribution in [3.63, 3.8) is 0 Å². The van der Waals surface area contributed by atoms with Crippen LogP contribution in [0, 0.1) is 11.3 Å². The Morgan fingerprint density at radius 1 is 1.30 bits per heavy atom. The van der Waals surface area contributed by atoms with Gasteiger partial charge in [-0.3, -0.25) is 0 Å². The summed E-state index contributed by atoms with van der Waals surface area (Å²) >= 11 is 0. The maximum absolute atomic E-state index is 8.80. The van der Waals surface area contributed by atoms with Crippen LogP contribution >= 0.6 is 0 Å². The van der Waals surface area contributed by atoms with Crippen molar-refractivity contribution < 1.29 is 4.74 Å². The normalized spacial score (nSPS) is 12.3. The molecule has 0 spiro atoms. The molecule has 1 aliphatic heterocycles. The first-order valence-corrected chi connectivity index (χ1v) is 6.71. The van der Waals surface area contributed by atoms with Crippen molar-refractivity contribution in [1.29, 1.82) is 5.26 Å². The third-order valence-corrected chi connectivity index (χ3v) is 3.34. The Morgan fingerprint density at radius 2 is 2.25 bits per heavy atom. The number of fused-ring (bicyclic) bond motifs is 1. The number of anilines is 1. The van der Waals surface area contributed by atoms with Gasteiger partial charge in [-0.1, -0.05) is 18.2 Å². The predicted octanol–water partition coefficient (Wildman–Crippen LogP) is 2.54. The third kappa shape index (κ3) is 2.72. The molecule has 0 saturated heterocycles. The van der Waals surface area contributed by atoms with Gasteiger partial charge >= 0.3 is 0 Å². The Balaban J connectivity index is 1.58. The van der Waals surface area contributed by atoms with Gasteiger partial charge in [0.1, 0.15) is 23.3 Å². The minimum atomic E-state index is 0.435. The van der Waals surface area contributed by atoms with Crippen LogP contribution in [0.25, 0.3) is 0 Å². The lowest BCUT2D eigenvalue weighted by atomic mass is 10.1. The Hall–Kier alpha value is -2.54. The highest BCUT2D eigenvalue weighted by Crippen LogP contribution is 2.25. The number of ether oxygens (including phenoxy) is 1. The molecule has 0 bridgehead atoms. The van der Waals surface area contributed by atoms with E-state index in [1.54, 1.807) is 6.07 Å². The van der Waals surface area contributed by atoms with Gasteiger partial charge in [0.05, 0.1) is 6.61 Å². The zero-order valence-electron chi connectivity index (χ0n) is 11.1. The van der Waals surface area contributed by atoms with Crippen molar-refractivity contribution in [3.8, 4) is 11.8 Å². The number of nitrogens with one attached hydrogen (secondary N) is 1. The van der Waals surface area contributed by atoms with Crippen molar-refractivity contribution >= 4 is 5.82 Å². The van der Waals surface area contributed by atoms with E-state index >= 15 is 0 Å². The second-order valence-corrected chi connectivity index (χ2v) is 4.74. The van der Waals surface area contributed by atoms with Gasteiger partial charge in [-0.2, -0.15) is 5.26 Å². The molecule has 2 heterocycles. The molecule has 0 fully saturated rings. The average molecular weight is 265 g/mol. The molecule has 0 amide bonds. The topological polar surface area (TPSA) is 57.9 Å². The molecule has 0 aliphatic carbocycles. The highest BCUT2D eigenvalue weighted by Gasteiger charge is 2.11. The quantitative estimate of drug-likeness (QED) is 0.923. The fourth-order valence-electron chi connectivity index (χ4n) is 2.33. The number of nitriles is 1. The zero-order chi connectivity index (χ0) is 13.8. The highest BCUT2D eigenvalue weighted by molar-refractivity contribution is 5.41. The lowest BCUT2D eigenvalue weighted by molar-refractivity contribution is 0.357. The standard InChI is InChI=1S/C16H15N3O/c17-11-14-2-1-3-16(19-14)18-8-6-12-4-5-15-13(10-12)7-9-20-15/h1-5,10H,6-9H2,(H,18,19). The molecule has 1 aliphatic rings. The zero-order valence-corrected chi connectivity index (χ0v) is 11.1. The van der Waals surface area contributed by atoms with Crippen LogP contribution in [0.1, 0.15) is 16.8 Å². The van der Waals surface area contributed by atoms with E-state index < -0.39 is 0 Å². The second kappa shape index (κ2) is 5.62. The van der Waals surface area contributed by atoms with E-state index in [-0.39, 0.29) is 0 Å². The predicted molar refractivity (Wildman–Crippen MR) is 76.8 cm³/mol. The smallest absolute Gasteiger partial charge is 0.142 e. The molecule has 100 valence electrons. The molecule has 0 atom stereocenters. The number of hydrogen-bond acceptors (Lipinski definition) is 4. The van der Waals surface area contributed by atoms with Crippen molar-refractivity contribution in [3.05, 3.63) is 53.2 Å². The monoisotopic (exact) mass is 265 g/mol. The number of rotatable bonds is 4. The van der Waals surface area contributed by atoms with Gasteiger partial charge < -0.3 is 10.1 Å². The summed E-state index contributed by atoms with van der Waals surface area (Å²) in [5, 5.41) is 12.0. The molecule has 4 nitrogen and oxygen atoms in total. The van der Waals surface area contributed by atoms with E-state index in [9.17, 15) is 0 Å². The fraction of sp³-hybridized carbons (Fsp3) is 0.250. The molecule has 1 N–H and O–H groups in total. The number of nitrogens with zero attached hydrogens (tertiary/aromatic N) is 2. The number of pyridine rings is 1. The summed E-state index contributed by atoms with van der Waals surface area (Å²) in [6.45, 7) is 1.59. The summed E-state index contributed by atoms with van der Waals surface area (Å²) in [4.78, 5) is 4.19. The van der Waals surface area contributed by atoms with Crippen LogP contribution in [0.2, 0.25) is 0 Å². The van der Waals surface area contributed by atoms with Gasteiger partial charge in [-0.05, 0) is 35.7 Å². The van der Waals surface area contributed by atoms with Crippen LogP contribution in [-0.2, 0) is 12.8 Å². The van der Waals surface area contributed by atoms with E-state index in [2.05, 4.69) is 22.4 Å². The molecule has 2 aromatic rings. The van der Waals surface area contributed by atoms with E-state index in [0.29, 0.717) is 5.69 Å². The molecular formula is C16H15N3O. The first-order valence-electron chi connectivity index (χ1n) is 6.71. The minimum absolute atomic E-state index is 0.435. The lowest BCUT2D eigenvalue weighted by Crippen LogP contribution is -2.06. The lowest BCUT2D eigenvalue weighted by Gasteiger charge is -2.07. The summed E-state index contributed by atoms with van der Waals surface area (Å²) in [5.41, 5.74) is 3.02. The van der Waals surface area contributed by atoms with Crippen LogP contribution in [-0.4, -0.2) is 18.1 Å². The largest absolute Gasteiger partial charge is 0.493 e. The Morgan fingerprint density at radius 3 is 3.15 bits per heavy atom. The van der Waals surface area contributed by atoms with E-state index in [0.717, 1.165) is 37.6 Å². The number of hydrogen-bond donors (Lipinski definition) is 1. The minimum Gasteiger partial charge on any atom is -0.493 e. The molecule has 4 heteroatoms. The van der Waals surface area contributed by atoms with Crippen LogP contribution in [0.15, 0.2) is 36.4 Å². The molecule has 20 heavy (non-hydrogen) atoms.